The lowest BCUT2D eigenvalue weighted by Crippen LogP contribution is -2.37. The van der Waals surface area contributed by atoms with E-state index < -0.39 is 18.0 Å². The number of carbonyl (C=O) groups excluding carboxylic acids is 1. The van der Waals surface area contributed by atoms with Crippen LogP contribution >= 0.6 is 0 Å². The van der Waals surface area contributed by atoms with Gasteiger partial charge in [0.15, 0.2) is 6.10 Å². The van der Waals surface area contributed by atoms with E-state index in [1.165, 1.54) is 0 Å². The third-order valence-corrected chi connectivity index (χ3v) is 4.86. The number of rotatable bonds is 11. The lowest BCUT2D eigenvalue weighted by molar-refractivity contribution is -0.137. The Morgan fingerprint density at radius 1 is 1.24 bits per heavy atom. The van der Waals surface area contributed by atoms with Gasteiger partial charge in [-0.3, -0.25) is 9.59 Å². The number of nitrogens with one attached hydrogen (secondary N) is 1. The molecule has 158 valence electrons. The third-order valence-electron chi connectivity index (χ3n) is 4.86. The predicted octanol–water partition coefficient (Wildman–Crippen LogP) is 3.58. The topological polar surface area (TPSA) is 106 Å². The van der Waals surface area contributed by atoms with Gasteiger partial charge in [-0.1, -0.05) is 26.2 Å². The average molecular weight is 403 g/mol. The van der Waals surface area contributed by atoms with E-state index >= 15 is 0 Å². The summed E-state index contributed by atoms with van der Waals surface area (Å²) in [6.07, 6.45) is 4.08. The quantitative estimate of drug-likeness (QED) is 0.439. The van der Waals surface area contributed by atoms with Gasteiger partial charge >= 0.3 is 11.6 Å². The molecule has 2 aromatic rings. The summed E-state index contributed by atoms with van der Waals surface area (Å²) in [5.41, 5.74) is 1.72. The number of carboxylic acid groups (broad SMARTS) is 1. The minimum absolute atomic E-state index is 0.0364. The standard InChI is InChI=1S/C22H29NO6/c1-4-5-6-7-8-18-14(2)17-10-9-16(13-19(17)29-22(18)27)28-15(3)21(26)23-12-11-20(24)25/h9-10,13,15H,4-8,11-12H2,1-3H3,(H,23,26)(H,24,25)/t15-/m0/s1. The minimum Gasteiger partial charge on any atom is -0.481 e. The Kier molecular flexibility index (Phi) is 8.24. The van der Waals surface area contributed by atoms with Crippen LogP contribution in [0.4, 0.5) is 0 Å². The second kappa shape index (κ2) is 10.6. The molecule has 0 aliphatic carbocycles. The number of hydrogen-bond acceptors (Lipinski definition) is 5. The summed E-state index contributed by atoms with van der Waals surface area (Å²) in [5.74, 6) is -0.994. The second-order valence-corrected chi connectivity index (χ2v) is 7.16. The number of fused-ring (bicyclic) bond motifs is 1. The molecule has 1 heterocycles. The maximum absolute atomic E-state index is 12.4. The van der Waals surface area contributed by atoms with Crippen molar-refractivity contribution in [3.63, 3.8) is 0 Å². The molecule has 1 atom stereocenters. The van der Waals surface area contributed by atoms with Crippen LogP contribution in [-0.2, 0) is 16.0 Å². The molecule has 29 heavy (non-hydrogen) atoms. The number of amides is 1. The highest BCUT2D eigenvalue weighted by molar-refractivity contribution is 5.83. The molecule has 0 radical (unpaired) electrons. The van der Waals surface area contributed by atoms with Gasteiger partial charge in [0.25, 0.3) is 5.91 Å². The summed E-state index contributed by atoms with van der Waals surface area (Å²) in [6, 6.07) is 5.16. The first-order chi connectivity index (χ1) is 13.8. The molecule has 0 aliphatic rings. The molecule has 2 N–H and O–H groups in total. The van der Waals surface area contributed by atoms with Gasteiger partial charge in [-0.2, -0.15) is 0 Å². The third kappa shape index (κ3) is 6.34. The van der Waals surface area contributed by atoms with Crippen LogP contribution in [0.1, 0.15) is 57.1 Å². The van der Waals surface area contributed by atoms with Crippen LogP contribution < -0.4 is 15.7 Å². The summed E-state index contributed by atoms with van der Waals surface area (Å²) in [6.45, 7) is 5.68. The maximum Gasteiger partial charge on any atom is 0.339 e. The van der Waals surface area contributed by atoms with Gasteiger partial charge in [0.1, 0.15) is 11.3 Å². The molecular formula is C22H29NO6. The zero-order chi connectivity index (χ0) is 21.4. The van der Waals surface area contributed by atoms with Crippen molar-refractivity contribution < 1.29 is 23.8 Å². The Hall–Kier alpha value is -2.83. The molecule has 2 rings (SSSR count). The first-order valence-electron chi connectivity index (χ1n) is 10.1. The normalized spacial score (nSPS) is 12.0. The smallest absolute Gasteiger partial charge is 0.339 e. The van der Waals surface area contributed by atoms with E-state index in [2.05, 4.69) is 12.2 Å². The Labute approximate surface area is 170 Å². The van der Waals surface area contributed by atoms with Crippen molar-refractivity contribution in [3.05, 3.63) is 39.7 Å². The molecule has 0 unspecified atom stereocenters. The van der Waals surface area contributed by atoms with E-state index in [0.717, 1.165) is 36.6 Å². The molecule has 1 amide bonds. The summed E-state index contributed by atoms with van der Waals surface area (Å²) in [7, 11) is 0. The number of benzene rings is 1. The first kappa shape index (κ1) is 22.5. The van der Waals surface area contributed by atoms with E-state index in [9.17, 15) is 14.4 Å². The highest BCUT2D eigenvalue weighted by Gasteiger charge is 2.16. The number of carboxylic acids is 1. The van der Waals surface area contributed by atoms with Crippen LogP contribution in [0.2, 0.25) is 0 Å². The Bertz CT molecular complexity index is 917. The number of ether oxygens (including phenoxy) is 1. The Morgan fingerprint density at radius 2 is 2.00 bits per heavy atom. The number of hydrogen-bond donors (Lipinski definition) is 2. The number of unbranched alkanes of at least 4 members (excludes halogenated alkanes) is 3. The van der Waals surface area contributed by atoms with Crippen molar-refractivity contribution in [1.29, 1.82) is 0 Å². The zero-order valence-corrected chi connectivity index (χ0v) is 17.2. The zero-order valence-electron chi connectivity index (χ0n) is 17.2. The van der Waals surface area contributed by atoms with E-state index in [-0.39, 0.29) is 18.6 Å². The van der Waals surface area contributed by atoms with Crippen LogP contribution in [0.15, 0.2) is 27.4 Å². The number of aliphatic carboxylic acids is 1. The van der Waals surface area contributed by atoms with Gasteiger partial charge in [0, 0.05) is 23.6 Å². The monoisotopic (exact) mass is 403 g/mol. The molecule has 7 heteroatoms. The summed E-state index contributed by atoms with van der Waals surface area (Å²) in [4.78, 5) is 34.9. The fraction of sp³-hybridized carbons (Fsp3) is 0.500. The number of carbonyl (C=O) groups is 2. The average Bonchev–Trinajstić information content (AvgIpc) is 2.66. The summed E-state index contributed by atoms with van der Waals surface area (Å²) < 4.78 is 11.1. The van der Waals surface area contributed by atoms with E-state index in [1.807, 2.05) is 13.0 Å². The highest BCUT2D eigenvalue weighted by atomic mass is 16.5. The molecule has 0 fully saturated rings. The van der Waals surface area contributed by atoms with Gasteiger partial charge < -0.3 is 19.6 Å². The SMILES string of the molecule is CCCCCCc1c(C)c2ccc(O[C@@H](C)C(=O)NCCC(=O)O)cc2oc1=O. The van der Waals surface area contributed by atoms with Crippen LogP contribution in [0.3, 0.4) is 0 Å². The molecule has 1 aromatic heterocycles. The fourth-order valence-corrected chi connectivity index (χ4v) is 3.16. The molecule has 1 aromatic carbocycles. The van der Waals surface area contributed by atoms with Crippen molar-refractivity contribution in [2.45, 2.75) is 65.4 Å². The summed E-state index contributed by atoms with van der Waals surface area (Å²) in [5, 5.41) is 12.0. The fourth-order valence-electron chi connectivity index (χ4n) is 3.16. The molecule has 0 aliphatic heterocycles. The van der Waals surface area contributed by atoms with Crippen molar-refractivity contribution in [2.75, 3.05) is 6.54 Å². The molecule has 7 nitrogen and oxygen atoms in total. The molecule has 0 saturated heterocycles. The van der Waals surface area contributed by atoms with E-state index in [4.69, 9.17) is 14.3 Å². The summed E-state index contributed by atoms with van der Waals surface area (Å²) >= 11 is 0. The molecule has 0 bridgehead atoms. The van der Waals surface area contributed by atoms with Crippen LogP contribution in [0.25, 0.3) is 11.0 Å². The van der Waals surface area contributed by atoms with Gasteiger partial charge in [0.2, 0.25) is 0 Å². The van der Waals surface area contributed by atoms with E-state index in [0.29, 0.717) is 23.3 Å². The van der Waals surface area contributed by atoms with Crippen molar-refractivity contribution in [1.82, 2.24) is 5.32 Å². The van der Waals surface area contributed by atoms with E-state index in [1.54, 1.807) is 19.1 Å². The van der Waals surface area contributed by atoms with Crippen LogP contribution in [0, 0.1) is 6.92 Å². The van der Waals surface area contributed by atoms with Gasteiger partial charge in [-0.05, 0) is 44.4 Å². The second-order valence-electron chi connectivity index (χ2n) is 7.16. The lowest BCUT2D eigenvalue weighted by Gasteiger charge is -2.15. The maximum atomic E-state index is 12.4. The Morgan fingerprint density at radius 3 is 2.69 bits per heavy atom. The minimum atomic E-state index is -0.983. The predicted molar refractivity (Wildman–Crippen MR) is 110 cm³/mol. The largest absolute Gasteiger partial charge is 0.481 e. The van der Waals surface area contributed by atoms with Crippen LogP contribution in [-0.4, -0.2) is 29.6 Å². The van der Waals surface area contributed by atoms with Gasteiger partial charge in [-0.15, -0.1) is 0 Å². The highest BCUT2D eigenvalue weighted by Crippen LogP contribution is 2.25. The van der Waals surface area contributed by atoms with Crippen molar-refractivity contribution in [2.24, 2.45) is 0 Å². The number of aryl methyl sites for hydroxylation is 1. The Balaban J connectivity index is 2.10. The molecular weight excluding hydrogens is 374 g/mol. The lowest BCUT2D eigenvalue weighted by atomic mass is 10.0. The van der Waals surface area contributed by atoms with Gasteiger partial charge in [0.05, 0.1) is 6.42 Å². The molecule has 0 saturated carbocycles. The molecule has 0 spiro atoms. The van der Waals surface area contributed by atoms with Crippen molar-refractivity contribution >= 4 is 22.8 Å². The van der Waals surface area contributed by atoms with Crippen molar-refractivity contribution in [3.8, 4) is 5.75 Å². The van der Waals surface area contributed by atoms with Crippen LogP contribution in [0.5, 0.6) is 5.75 Å². The van der Waals surface area contributed by atoms with Gasteiger partial charge in [-0.25, -0.2) is 4.79 Å². The first-order valence-corrected chi connectivity index (χ1v) is 10.1.